The van der Waals surface area contributed by atoms with E-state index < -0.39 is 0 Å². The summed E-state index contributed by atoms with van der Waals surface area (Å²) >= 11 is 0. The van der Waals surface area contributed by atoms with E-state index in [0.29, 0.717) is 18.5 Å². The molecule has 2 N–H and O–H groups in total. The lowest BCUT2D eigenvalue weighted by Gasteiger charge is -2.31. The molecular weight excluding hydrogens is 206 g/mol. The van der Waals surface area contributed by atoms with Gasteiger partial charge in [0.1, 0.15) is 0 Å². The SMILES string of the molecule is COC(=O)C(C)CNC1CCCCC1CO. The van der Waals surface area contributed by atoms with Crippen LogP contribution in [0.25, 0.3) is 0 Å². The van der Waals surface area contributed by atoms with Crippen LogP contribution in [0, 0.1) is 11.8 Å². The molecule has 0 aromatic rings. The molecule has 16 heavy (non-hydrogen) atoms. The van der Waals surface area contributed by atoms with Crippen LogP contribution in [0.3, 0.4) is 0 Å². The third-order valence-electron chi connectivity index (χ3n) is 3.43. The number of nitrogens with one attached hydrogen (secondary N) is 1. The summed E-state index contributed by atoms with van der Waals surface area (Å²) in [5.74, 6) is 0.0497. The highest BCUT2D eigenvalue weighted by Gasteiger charge is 2.25. The number of hydrogen-bond acceptors (Lipinski definition) is 4. The van der Waals surface area contributed by atoms with Crippen LogP contribution in [0.5, 0.6) is 0 Å². The number of ether oxygens (including phenoxy) is 1. The summed E-state index contributed by atoms with van der Waals surface area (Å²) in [4.78, 5) is 11.2. The number of hydrogen-bond donors (Lipinski definition) is 2. The summed E-state index contributed by atoms with van der Waals surface area (Å²) in [6.07, 6.45) is 4.59. The number of carbonyl (C=O) groups is 1. The minimum atomic E-state index is -0.177. The van der Waals surface area contributed by atoms with Crippen LogP contribution in [-0.4, -0.2) is 37.4 Å². The Hall–Kier alpha value is -0.610. The molecule has 3 unspecified atom stereocenters. The Morgan fingerprint density at radius 2 is 2.19 bits per heavy atom. The molecule has 1 aliphatic carbocycles. The number of carbonyl (C=O) groups excluding carboxylic acids is 1. The molecule has 0 saturated heterocycles. The standard InChI is InChI=1S/C12H23NO3/c1-9(12(15)16-2)7-13-11-6-4-3-5-10(11)8-14/h9-11,13-14H,3-8H2,1-2H3. The maximum Gasteiger partial charge on any atom is 0.309 e. The second-order valence-corrected chi connectivity index (χ2v) is 4.67. The van der Waals surface area contributed by atoms with E-state index in [2.05, 4.69) is 10.1 Å². The number of rotatable bonds is 5. The Morgan fingerprint density at radius 1 is 1.50 bits per heavy atom. The molecule has 94 valence electrons. The van der Waals surface area contributed by atoms with Crippen molar-refractivity contribution in [2.75, 3.05) is 20.3 Å². The molecule has 0 amide bonds. The van der Waals surface area contributed by atoms with Crippen molar-refractivity contribution >= 4 is 5.97 Å². The Labute approximate surface area is 97.4 Å². The van der Waals surface area contributed by atoms with Crippen LogP contribution in [-0.2, 0) is 9.53 Å². The number of aliphatic hydroxyl groups is 1. The average Bonchev–Trinajstić information content (AvgIpc) is 2.35. The number of methoxy groups -OCH3 is 1. The predicted octanol–water partition coefficient (Wildman–Crippen LogP) is 0.936. The van der Waals surface area contributed by atoms with Crippen molar-refractivity contribution in [2.24, 2.45) is 11.8 Å². The molecule has 0 aromatic carbocycles. The molecule has 0 aliphatic heterocycles. The predicted molar refractivity (Wildman–Crippen MR) is 62.0 cm³/mol. The molecule has 0 heterocycles. The summed E-state index contributed by atoms with van der Waals surface area (Å²) in [7, 11) is 1.41. The second kappa shape index (κ2) is 6.86. The summed E-state index contributed by atoms with van der Waals surface area (Å²) in [5.41, 5.74) is 0. The fraction of sp³-hybridized carbons (Fsp3) is 0.917. The van der Waals surface area contributed by atoms with Gasteiger partial charge in [-0.1, -0.05) is 19.8 Å². The van der Waals surface area contributed by atoms with Crippen molar-refractivity contribution in [1.82, 2.24) is 5.32 Å². The molecule has 4 nitrogen and oxygen atoms in total. The smallest absolute Gasteiger partial charge is 0.309 e. The highest BCUT2D eigenvalue weighted by Crippen LogP contribution is 2.23. The highest BCUT2D eigenvalue weighted by atomic mass is 16.5. The molecule has 0 spiro atoms. The van der Waals surface area contributed by atoms with E-state index in [4.69, 9.17) is 0 Å². The molecule has 1 aliphatic rings. The molecule has 1 fully saturated rings. The van der Waals surface area contributed by atoms with Crippen molar-refractivity contribution in [3.63, 3.8) is 0 Å². The van der Waals surface area contributed by atoms with Gasteiger partial charge < -0.3 is 15.2 Å². The molecule has 3 atom stereocenters. The normalized spacial score (nSPS) is 27.4. The summed E-state index contributed by atoms with van der Waals surface area (Å²) in [6.45, 7) is 2.73. The first-order chi connectivity index (χ1) is 7.69. The van der Waals surface area contributed by atoms with Gasteiger partial charge in [0.05, 0.1) is 13.0 Å². The third kappa shape index (κ3) is 3.76. The average molecular weight is 229 g/mol. The van der Waals surface area contributed by atoms with E-state index in [1.807, 2.05) is 6.92 Å². The van der Waals surface area contributed by atoms with E-state index in [-0.39, 0.29) is 18.5 Å². The zero-order valence-electron chi connectivity index (χ0n) is 10.2. The van der Waals surface area contributed by atoms with Gasteiger partial charge in [-0.2, -0.15) is 0 Å². The maximum absolute atomic E-state index is 11.2. The zero-order valence-corrected chi connectivity index (χ0v) is 10.2. The van der Waals surface area contributed by atoms with Crippen LogP contribution in [0.2, 0.25) is 0 Å². The lowest BCUT2D eigenvalue weighted by Crippen LogP contribution is -2.43. The van der Waals surface area contributed by atoms with Crippen molar-refractivity contribution in [3.05, 3.63) is 0 Å². The Balaban J connectivity index is 2.32. The number of aliphatic hydroxyl groups excluding tert-OH is 1. The molecule has 0 aromatic heterocycles. The van der Waals surface area contributed by atoms with E-state index in [9.17, 15) is 9.90 Å². The van der Waals surface area contributed by atoms with E-state index in [1.165, 1.54) is 20.0 Å². The zero-order chi connectivity index (χ0) is 12.0. The van der Waals surface area contributed by atoms with Gasteiger partial charge >= 0.3 is 5.97 Å². The van der Waals surface area contributed by atoms with Crippen molar-refractivity contribution in [2.45, 2.75) is 38.6 Å². The lowest BCUT2D eigenvalue weighted by molar-refractivity contribution is -0.144. The van der Waals surface area contributed by atoms with Gasteiger partial charge in [-0.25, -0.2) is 0 Å². The van der Waals surface area contributed by atoms with E-state index in [0.717, 1.165) is 12.8 Å². The Bertz CT molecular complexity index is 220. The van der Waals surface area contributed by atoms with Crippen LogP contribution < -0.4 is 5.32 Å². The molecule has 1 saturated carbocycles. The van der Waals surface area contributed by atoms with Crippen molar-refractivity contribution < 1.29 is 14.6 Å². The van der Waals surface area contributed by atoms with E-state index >= 15 is 0 Å². The van der Waals surface area contributed by atoms with Gasteiger partial charge in [-0.05, 0) is 18.8 Å². The van der Waals surface area contributed by atoms with Crippen LogP contribution in [0.4, 0.5) is 0 Å². The molecule has 0 radical (unpaired) electrons. The maximum atomic E-state index is 11.2. The van der Waals surface area contributed by atoms with Crippen molar-refractivity contribution in [3.8, 4) is 0 Å². The number of esters is 1. The first kappa shape index (κ1) is 13.5. The van der Waals surface area contributed by atoms with Gasteiger partial charge in [0.2, 0.25) is 0 Å². The van der Waals surface area contributed by atoms with E-state index in [1.54, 1.807) is 0 Å². The van der Waals surface area contributed by atoms with Gasteiger partial charge in [0, 0.05) is 19.2 Å². The quantitative estimate of drug-likeness (QED) is 0.689. The van der Waals surface area contributed by atoms with Gasteiger partial charge in [-0.15, -0.1) is 0 Å². The van der Waals surface area contributed by atoms with Crippen LogP contribution in [0.15, 0.2) is 0 Å². The topological polar surface area (TPSA) is 58.6 Å². The van der Waals surface area contributed by atoms with Gasteiger partial charge in [-0.3, -0.25) is 4.79 Å². The summed E-state index contributed by atoms with van der Waals surface area (Å²) < 4.78 is 4.68. The second-order valence-electron chi connectivity index (χ2n) is 4.67. The minimum absolute atomic E-state index is 0.119. The summed E-state index contributed by atoms with van der Waals surface area (Å²) in [5, 5.41) is 12.6. The largest absolute Gasteiger partial charge is 0.469 e. The van der Waals surface area contributed by atoms with Gasteiger partial charge in [0.25, 0.3) is 0 Å². The first-order valence-corrected chi connectivity index (χ1v) is 6.11. The Morgan fingerprint density at radius 3 is 2.81 bits per heavy atom. The third-order valence-corrected chi connectivity index (χ3v) is 3.43. The molecule has 4 heteroatoms. The van der Waals surface area contributed by atoms with Crippen molar-refractivity contribution in [1.29, 1.82) is 0 Å². The first-order valence-electron chi connectivity index (χ1n) is 6.11. The molecule has 0 bridgehead atoms. The monoisotopic (exact) mass is 229 g/mol. The highest BCUT2D eigenvalue weighted by molar-refractivity contribution is 5.72. The Kier molecular flexibility index (Phi) is 5.77. The van der Waals surface area contributed by atoms with Crippen LogP contribution >= 0.6 is 0 Å². The molecular formula is C12H23NO3. The van der Waals surface area contributed by atoms with Gasteiger partial charge in [0.15, 0.2) is 0 Å². The lowest BCUT2D eigenvalue weighted by atomic mass is 9.85. The minimum Gasteiger partial charge on any atom is -0.469 e. The fourth-order valence-corrected chi connectivity index (χ4v) is 2.31. The summed E-state index contributed by atoms with van der Waals surface area (Å²) in [6, 6.07) is 0.353. The molecule has 1 rings (SSSR count). The van der Waals surface area contributed by atoms with Crippen LogP contribution in [0.1, 0.15) is 32.6 Å². The fourth-order valence-electron chi connectivity index (χ4n) is 2.31.